The van der Waals surface area contributed by atoms with Crippen LogP contribution in [-0.2, 0) is 16.6 Å². The highest BCUT2D eigenvalue weighted by molar-refractivity contribution is 7.89. The van der Waals surface area contributed by atoms with E-state index in [4.69, 9.17) is 10.9 Å². The standard InChI is InChI=1S/C13H16N4O2S/c1-17(9-10-3-2-6-16-8-10)12-5-4-11(14)7-13(12)20(15,18)19/h2-8H,9,14H2,1H3,(H2,15,18,19). The monoisotopic (exact) mass is 292 g/mol. The quantitative estimate of drug-likeness (QED) is 0.817. The Balaban J connectivity index is 2.37. The first-order valence-corrected chi connectivity index (χ1v) is 7.45. The van der Waals surface area contributed by atoms with Crippen LogP contribution in [0.25, 0.3) is 0 Å². The number of aromatic nitrogens is 1. The van der Waals surface area contributed by atoms with Crippen molar-refractivity contribution >= 4 is 21.4 Å². The lowest BCUT2D eigenvalue weighted by Gasteiger charge is -2.22. The van der Waals surface area contributed by atoms with Gasteiger partial charge in [0, 0.05) is 31.7 Å². The van der Waals surface area contributed by atoms with Crippen LogP contribution in [0.3, 0.4) is 0 Å². The Morgan fingerprint density at radius 3 is 2.65 bits per heavy atom. The molecule has 0 aliphatic heterocycles. The molecule has 0 saturated heterocycles. The fourth-order valence-corrected chi connectivity index (χ4v) is 2.74. The van der Waals surface area contributed by atoms with Crippen molar-refractivity contribution in [2.75, 3.05) is 17.7 Å². The van der Waals surface area contributed by atoms with Gasteiger partial charge in [0.15, 0.2) is 0 Å². The number of pyridine rings is 1. The zero-order chi connectivity index (χ0) is 14.8. The zero-order valence-corrected chi connectivity index (χ0v) is 11.8. The molecular weight excluding hydrogens is 276 g/mol. The Labute approximate surface area is 118 Å². The third-order valence-corrected chi connectivity index (χ3v) is 3.78. The summed E-state index contributed by atoms with van der Waals surface area (Å²) in [5.74, 6) is 0. The summed E-state index contributed by atoms with van der Waals surface area (Å²) in [6.07, 6.45) is 3.41. The van der Waals surface area contributed by atoms with Crippen molar-refractivity contribution < 1.29 is 8.42 Å². The van der Waals surface area contributed by atoms with Crippen molar-refractivity contribution in [2.24, 2.45) is 5.14 Å². The van der Waals surface area contributed by atoms with Crippen LogP contribution in [0.4, 0.5) is 11.4 Å². The molecule has 20 heavy (non-hydrogen) atoms. The molecule has 7 heteroatoms. The van der Waals surface area contributed by atoms with Crippen LogP contribution in [0.15, 0.2) is 47.6 Å². The number of nitrogens with two attached hydrogens (primary N) is 2. The van der Waals surface area contributed by atoms with Gasteiger partial charge in [0.25, 0.3) is 0 Å². The molecule has 0 spiro atoms. The summed E-state index contributed by atoms with van der Waals surface area (Å²) in [6.45, 7) is 0.514. The molecule has 2 aromatic rings. The van der Waals surface area contributed by atoms with Crippen molar-refractivity contribution in [3.05, 3.63) is 48.3 Å². The van der Waals surface area contributed by atoms with Gasteiger partial charge < -0.3 is 10.6 Å². The highest BCUT2D eigenvalue weighted by atomic mass is 32.2. The Bertz CT molecular complexity index is 702. The average Bonchev–Trinajstić information content (AvgIpc) is 2.38. The van der Waals surface area contributed by atoms with E-state index in [9.17, 15) is 8.42 Å². The lowest BCUT2D eigenvalue weighted by Crippen LogP contribution is -2.22. The number of rotatable bonds is 4. The second kappa shape index (κ2) is 5.48. The van der Waals surface area contributed by atoms with Gasteiger partial charge in [-0.05, 0) is 29.8 Å². The number of nitrogen functional groups attached to an aromatic ring is 1. The molecule has 0 bridgehead atoms. The van der Waals surface area contributed by atoms with E-state index in [1.165, 1.54) is 6.07 Å². The summed E-state index contributed by atoms with van der Waals surface area (Å²) in [4.78, 5) is 5.83. The molecule has 6 nitrogen and oxygen atoms in total. The Morgan fingerprint density at radius 1 is 1.30 bits per heavy atom. The van der Waals surface area contributed by atoms with Crippen LogP contribution in [0.2, 0.25) is 0 Å². The predicted molar refractivity (Wildman–Crippen MR) is 78.6 cm³/mol. The fraction of sp³-hybridized carbons (Fsp3) is 0.154. The van der Waals surface area contributed by atoms with Crippen LogP contribution in [-0.4, -0.2) is 20.4 Å². The number of hydrogen-bond donors (Lipinski definition) is 2. The maximum Gasteiger partial charge on any atom is 0.240 e. The predicted octanol–water partition coefficient (Wildman–Crippen LogP) is 0.948. The highest BCUT2D eigenvalue weighted by Crippen LogP contribution is 2.26. The zero-order valence-electron chi connectivity index (χ0n) is 11.0. The summed E-state index contributed by atoms with van der Waals surface area (Å²) < 4.78 is 23.3. The van der Waals surface area contributed by atoms with Crippen molar-refractivity contribution in [3.8, 4) is 0 Å². The van der Waals surface area contributed by atoms with Gasteiger partial charge in [0.05, 0.1) is 5.69 Å². The molecule has 0 radical (unpaired) electrons. The third kappa shape index (κ3) is 3.25. The van der Waals surface area contributed by atoms with E-state index in [0.717, 1.165) is 5.56 Å². The van der Waals surface area contributed by atoms with E-state index in [2.05, 4.69) is 4.98 Å². The minimum absolute atomic E-state index is 0.0175. The highest BCUT2D eigenvalue weighted by Gasteiger charge is 2.17. The maximum atomic E-state index is 11.6. The van der Waals surface area contributed by atoms with Crippen LogP contribution in [0.5, 0.6) is 0 Å². The van der Waals surface area contributed by atoms with Crippen molar-refractivity contribution in [1.82, 2.24) is 4.98 Å². The number of sulfonamides is 1. The summed E-state index contributed by atoms with van der Waals surface area (Å²) in [5, 5.41) is 5.24. The van der Waals surface area contributed by atoms with Crippen LogP contribution in [0, 0.1) is 0 Å². The lowest BCUT2D eigenvalue weighted by molar-refractivity contribution is 0.597. The first-order chi connectivity index (χ1) is 9.38. The Hall–Kier alpha value is -2.12. The maximum absolute atomic E-state index is 11.6. The Kier molecular flexibility index (Phi) is 3.91. The molecular formula is C13H16N4O2S. The second-order valence-electron chi connectivity index (χ2n) is 4.49. The van der Waals surface area contributed by atoms with E-state index in [0.29, 0.717) is 17.9 Å². The second-order valence-corrected chi connectivity index (χ2v) is 6.02. The normalized spacial score (nSPS) is 11.3. The number of primary sulfonamides is 1. The average molecular weight is 292 g/mol. The minimum atomic E-state index is -3.83. The SMILES string of the molecule is CN(Cc1cccnc1)c1ccc(N)cc1S(N)(=O)=O. The molecule has 0 aliphatic carbocycles. The van der Waals surface area contributed by atoms with E-state index in [1.807, 2.05) is 12.1 Å². The fourth-order valence-electron chi connectivity index (χ4n) is 1.92. The van der Waals surface area contributed by atoms with Gasteiger partial charge in [-0.3, -0.25) is 4.98 Å². The van der Waals surface area contributed by atoms with Crippen molar-refractivity contribution in [3.63, 3.8) is 0 Å². The summed E-state index contributed by atoms with van der Waals surface area (Å²) in [7, 11) is -2.05. The van der Waals surface area contributed by atoms with Crippen LogP contribution < -0.4 is 15.8 Å². The molecule has 106 valence electrons. The minimum Gasteiger partial charge on any atom is -0.399 e. The van der Waals surface area contributed by atoms with E-state index < -0.39 is 10.0 Å². The molecule has 0 fully saturated rings. The van der Waals surface area contributed by atoms with E-state index >= 15 is 0 Å². The number of hydrogen-bond acceptors (Lipinski definition) is 5. The molecule has 4 N–H and O–H groups in total. The molecule has 1 heterocycles. The van der Waals surface area contributed by atoms with Gasteiger partial charge in [-0.25, -0.2) is 13.6 Å². The molecule has 0 atom stereocenters. The van der Waals surface area contributed by atoms with E-state index in [1.54, 1.807) is 36.5 Å². The summed E-state index contributed by atoms with van der Waals surface area (Å²) in [6, 6.07) is 8.39. The first-order valence-electron chi connectivity index (χ1n) is 5.90. The van der Waals surface area contributed by atoms with E-state index in [-0.39, 0.29) is 4.90 Å². The summed E-state index contributed by atoms with van der Waals surface area (Å²) in [5.41, 5.74) is 7.45. The third-order valence-electron chi connectivity index (χ3n) is 2.84. The molecule has 0 saturated carbocycles. The van der Waals surface area contributed by atoms with Crippen molar-refractivity contribution in [2.45, 2.75) is 11.4 Å². The first kappa shape index (κ1) is 14.3. The van der Waals surface area contributed by atoms with Crippen molar-refractivity contribution in [1.29, 1.82) is 0 Å². The molecule has 2 rings (SSSR count). The van der Waals surface area contributed by atoms with Crippen LogP contribution >= 0.6 is 0 Å². The summed E-state index contributed by atoms with van der Waals surface area (Å²) >= 11 is 0. The van der Waals surface area contributed by atoms with Gasteiger partial charge in [-0.2, -0.15) is 0 Å². The molecule has 0 amide bonds. The smallest absolute Gasteiger partial charge is 0.240 e. The lowest BCUT2D eigenvalue weighted by atomic mass is 10.2. The molecule has 0 unspecified atom stereocenters. The van der Waals surface area contributed by atoms with Gasteiger partial charge in [0.1, 0.15) is 4.90 Å². The largest absolute Gasteiger partial charge is 0.399 e. The van der Waals surface area contributed by atoms with Gasteiger partial charge in [-0.15, -0.1) is 0 Å². The number of anilines is 2. The number of benzene rings is 1. The van der Waals surface area contributed by atoms with Gasteiger partial charge in [-0.1, -0.05) is 6.07 Å². The topological polar surface area (TPSA) is 102 Å². The van der Waals surface area contributed by atoms with Crippen LogP contribution in [0.1, 0.15) is 5.56 Å². The Morgan fingerprint density at radius 2 is 2.05 bits per heavy atom. The van der Waals surface area contributed by atoms with Gasteiger partial charge >= 0.3 is 0 Å². The van der Waals surface area contributed by atoms with Gasteiger partial charge in [0.2, 0.25) is 10.0 Å². The molecule has 1 aromatic heterocycles. The molecule has 0 aliphatic rings. The number of nitrogens with zero attached hydrogens (tertiary/aromatic N) is 2. The molecule has 1 aromatic carbocycles.